The summed E-state index contributed by atoms with van der Waals surface area (Å²) in [5.41, 5.74) is 2.45. The van der Waals surface area contributed by atoms with E-state index in [1.165, 1.54) is 12.1 Å². The third-order valence-corrected chi connectivity index (χ3v) is 3.85. The number of hydrogen-bond acceptors (Lipinski definition) is 3. The van der Waals surface area contributed by atoms with Gasteiger partial charge in [0.1, 0.15) is 5.82 Å². The third-order valence-electron chi connectivity index (χ3n) is 3.50. The predicted molar refractivity (Wildman–Crippen MR) is 88.6 cm³/mol. The van der Waals surface area contributed by atoms with Gasteiger partial charge in [0.15, 0.2) is 0 Å². The summed E-state index contributed by atoms with van der Waals surface area (Å²) in [6.07, 6.45) is 4.89. The van der Waals surface area contributed by atoms with Crippen molar-refractivity contribution in [3.8, 4) is 0 Å². The van der Waals surface area contributed by atoms with Crippen LogP contribution in [-0.4, -0.2) is 25.5 Å². The van der Waals surface area contributed by atoms with Gasteiger partial charge in [0.25, 0.3) is 5.91 Å². The molecule has 0 spiro atoms. The zero-order valence-electron chi connectivity index (χ0n) is 13.1. The summed E-state index contributed by atoms with van der Waals surface area (Å²) in [5.74, 6) is -0.635. The van der Waals surface area contributed by atoms with Crippen LogP contribution < -0.4 is 5.32 Å². The Morgan fingerprint density at radius 3 is 2.83 bits per heavy atom. The second-order valence-corrected chi connectivity index (χ2v) is 5.83. The van der Waals surface area contributed by atoms with Crippen molar-refractivity contribution >= 4 is 23.2 Å². The summed E-state index contributed by atoms with van der Waals surface area (Å²) in [6.45, 7) is 2.15. The molecule has 1 N–H and O–H groups in total. The SMILES string of the molecule is Cc1nn(C)cc1C(=O)Nc1cnn(Cc2ccc(F)cc2Cl)c1. The highest BCUT2D eigenvalue weighted by atomic mass is 35.5. The summed E-state index contributed by atoms with van der Waals surface area (Å²) in [6, 6.07) is 4.21. The fraction of sp³-hybridized carbons (Fsp3) is 0.188. The van der Waals surface area contributed by atoms with Crippen LogP contribution in [0.25, 0.3) is 0 Å². The topological polar surface area (TPSA) is 64.7 Å². The van der Waals surface area contributed by atoms with E-state index in [0.29, 0.717) is 28.5 Å². The van der Waals surface area contributed by atoms with E-state index in [1.54, 1.807) is 48.0 Å². The Bertz CT molecular complexity index is 902. The van der Waals surface area contributed by atoms with Crippen LogP contribution in [0.15, 0.2) is 36.8 Å². The van der Waals surface area contributed by atoms with E-state index in [1.807, 2.05) is 0 Å². The molecule has 0 aliphatic rings. The second-order valence-electron chi connectivity index (χ2n) is 5.42. The van der Waals surface area contributed by atoms with Crippen LogP contribution in [0, 0.1) is 12.7 Å². The largest absolute Gasteiger partial charge is 0.319 e. The van der Waals surface area contributed by atoms with E-state index in [0.717, 1.165) is 5.56 Å². The molecule has 0 fully saturated rings. The highest BCUT2D eigenvalue weighted by Crippen LogP contribution is 2.19. The van der Waals surface area contributed by atoms with Gasteiger partial charge in [0.05, 0.1) is 29.7 Å². The number of amides is 1. The molecule has 0 unspecified atom stereocenters. The van der Waals surface area contributed by atoms with Gasteiger partial charge < -0.3 is 5.32 Å². The number of halogens is 2. The lowest BCUT2D eigenvalue weighted by molar-refractivity contribution is 0.102. The Labute approximate surface area is 142 Å². The number of carbonyl (C=O) groups excluding carboxylic acids is 1. The Kier molecular flexibility index (Phi) is 4.35. The first-order valence-corrected chi connectivity index (χ1v) is 7.58. The van der Waals surface area contributed by atoms with Gasteiger partial charge in [-0.15, -0.1) is 0 Å². The van der Waals surface area contributed by atoms with Gasteiger partial charge in [-0.3, -0.25) is 14.2 Å². The molecule has 0 saturated heterocycles. The number of hydrogen-bond donors (Lipinski definition) is 1. The van der Waals surface area contributed by atoms with Crippen molar-refractivity contribution in [3.63, 3.8) is 0 Å². The van der Waals surface area contributed by atoms with Gasteiger partial charge in [-0.2, -0.15) is 10.2 Å². The maximum Gasteiger partial charge on any atom is 0.259 e. The van der Waals surface area contributed by atoms with Crippen LogP contribution in [0.1, 0.15) is 21.6 Å². The molecular weight excluding hydrogens is 333 g/mol. The Hall–Kier alpha value is -2.67. The standard InChI is InChI=1S/C16H15ClFN5O/c1-10-14(9-22(2)21-10)16(24)20-13-6-19-23(8-13)7-11-3-4-12(18)5-15(11)17/h3-6,8-9H,7H2,1-2H3,(H,20,24). The van der Waals surface area contributed by atoms with E-state index in [2.05, 4.69) is 15.5 Å². The molecule has 6 nitrogen and oxygen atoms in total. The lowest BCUT2D eigenvalue weighted by Gasteiger charge is -2.04. The Morgan fingerprint density at radius 2 is 2.17 bits per heavy atom. The Morgan fingerprint density at radius 1 is 1.38 bits per heavy atom. The summed E-state index contributed by atoms with van der Waals surface area (Å²) in [7, 11) is 1.76. The molecule has 0 aliphatic carbocycles. The Balaban J connectivity index is 1.71. The van der Waals surface area contributed by atoms with Crippen LogP contribution in [0.3, 0.4) is 0 Å². The van der Waals surface area contributed by atoms with Crippen molar-refractivity contribution in [2.24, 2.45) is 7.05 Å². The highest BCUT2D eigenvalue weighted by Gasteiger charge is 2.13. The monoisotopic (exact) mass is 347 g/mol. The van der Waals surface area contributed by atoms with Crippen molar-refractivity contribution in [1.29, 1.82) is 0 Å². The van der Waals surface area contributed by atoms with Crippen molar-refractivity contribution in [2.45, 2.75) is 13.5 Å². The molecule has 3 rings (SSSR count). The molecule has 8 heteroatoms. The fourth-order valence-corrected chi connectivity index (χ4v) is 2.59. The minimum Gasteiger partial charge on any atom is -0.319 e. The van der Waals surface area contributed by atoms with Crippen LogP contribution in [0.2, 0.25) is 5.02 Å². The quantitative estimate of drug-likeness (QED) is 0.789. The smallest absolute Gasteiger partial charge is 0.259 e. The first kappa shape index (κ1) is 16.2. The number of nitrogens with zero attached hydrogens (tertiary/aromatic N) is 4. The number of carbonyl (C=O) groups is 1. The van der Waals surface area contributed by atoms with Crippen molar-refractivity contribution in [1.82, 2.24) is 19.6 Å². The molecule has 1 aromatic carbocycles. The molecule has 0 bridgehead atoms. The zero-order chi connectivity index (χ0) is 17.3. The van der Waals surface area contributed by atoms with Crippen LogP contribution in [0.4, 0.5) is 10.1 Å². The number of benzene rings is 1. The summed E-state index contributed by atoms with van der Waals surface area (Å²) >= 11 is 6.01. The van der Waals surface area contributed by atoms with E-state index in [4.69, 9.17) is 11.6 Å². The summed E-state index contributed by atoms with van der Waals surface area (Å²) in [5, 5.41) is 11.4. The molecule has 0 saturated carbocycles. The predicted octanol–water partition coefficient (Wildman–Crippen LogP) is 3.02. The van der Waals surface area contributed by atoms with Gasteiger partial charge in [-0.05, 0) is 24.6 Å². The van der Waals surface area contributed by atoms with Crippen molar-refractivity contribution in [2.75, 3.05) is 5.32 Å². The van der Waals surface area contributed by atoms with Gasteiger partial charge >= 0.3 is 0 Å². The molecule has 24 heavy (non-hydrogen) atoms. The van der Waals surface area contributed by atoms with E-state index in [-0.39, 0.29) is 11.7 Å². The number of rotatable bonds is 4. The molecule has 0 aliphatic heterocycles. The molecule has 0 radical (unpaired) electrons. The van der Waals surface area contributed by atoms with E-state index in [9.17, 15) is 9.18 Å². The summed E-state index contributed by atoms with van der Waals surface area (Å²) in [4.78, 5) is 12.2. The molecule has 0 atom stereocenters. The van der Waals surface area contributed by atoms with Gasteiger partial charge in [0, 0.05) is 24.5 Å². The van der Waals surface area contributed by atoms with Gasteiger partial charge in [-0.1, -0.05) is 17.7 Å². The first-order valence-electron chi connectivity index (χ1n) is 7.20. The highest BCUT2D eigenvalue weighted by molar-refractivity contribution is 6.31. The van der Waals surface area contributed by atoms with Crippen molar-refractivity contribution < 1.29 is 9.18 Å². The normalized spacial score (nSPS) is 10.8. The van der Waals surface area contributed by atoms with Crippen LogP contribution >= 0.6 is 11.6 Å². The van der Waals surface area contributed by atoms with Gasteiger partial charge in [-0.25, -0.2) is 4.39 Å². The molecule has 1 amide bonds. The zero-order valence-corrected chi connectivity index (χ0v) is 13.9. The fourth-order valence-electron chi connectivity index (χ4n) is 2.36. The maximum absolute atomic E-state index is 13.1. The molecular formula is C16H15ClFN5O. The minimum atomic E-state index is -0.385. The number of aromatic nitrogens is 4. The number of anilines is 1. The van der Waals surface area contributed by atoms with Gasteiger partial charge in [0.2, 0.25) is 0 Å². The molecule has 2 aromatic heterocycles. The summed E-state index contributed by atoms with van der Waals surface area (Å²) < 4.78 is 16.3. The van der Waals surface area contributed by atoms with Crippen molar-refractivity contribution in [3.05, 3.63) is 64.5 Å². The number of nitrogens with one attached hydrogen (secondary N) is 1. The third kappa shape index (κ3) is 3.46. The van der Waals surface area contributed by atoms with Crippen LogP contribution in [-0.2, 0) is 13.6 Å². The average molecular weight is 348 g/mol. The lowest BCUT2D eigenvalue weighted by atomic mass is 10.2. The van der Waals surface area contributed by atoms with E-state index >= 15 is 0 Å². The second kappa shape index (κ2) is 6.45. The number of aryl methyl sites for hydroxylation is 2. The lowest BCUT2D eigenvalue weighted by Crippen LogP contribution is -2.12. The average Bonchev–Trinajstić information content (AvgIpc) is 3.08. The maximum atomic E-state index is 13.1. The van der Waals surface area contributed by atoms with E-state index < -0.39 is 0 Å². The minimum absolute atomic E-state index is 0.250. The molecule has 124 valence electrons. The molecule has 3 aromatic rings. The molecule has 2 heterocycles. The van der Waals surface area contributed by atoms with Crippen LogP contribution in [0.5, 0.6) is 0 Å². The first-order chi connectivity index (χ1) is 11.4.